The maximum Gasteiger partial charge on any atom is 0.00767 e. The number of rotatable bonds is 5. The van der Waals surface area contributed by atoms with Crippen LogP contribution in [0.3, 0.4) is 0 Å². The van der Waals surface area contributed by atoms with Gasteiger partial charge in [0.1, 0.15) is 0 Å². The van der Waals surface area contributed by atoms with Gasteiger partial charge in [-0.05, 0) is 75.3 Å². The number of nitrogens with one attached hydrogen (secondary N) is 1. The van der Waals surface area contributed by atoms with Gasteiger partial charge in [-0.25, -0.2) is 0 Å². The Hall–Kier alpha value is -0.0800. The van der Waals surface area contributed by atoms with Gasteiger partial charge in [-0.1, -0.05) is 13.8 Å². The first-order valence-corrected chi connectivity index (χ1v) is 8.72. The first-order valence-electron chi connectivity index (χ1n) is 8.72. The van der Waals surface area contributed by atoms with Crippen molar-refractivity contribution in [1.82, 2.24) is 10.2 Å². The lowest BCUT2D eigenvalue weighted by molar-refractivity contribution is 0.156. The average molecular weight is 264 g/mol. The van der Waals surface area contributed by atoms with E-state index in [2.05, 4.69) is 24.1 Å². The second-order valence-corrected chi connectivity index (χ2v) is 7.51. The summed E-state index contributed by atoms with van der Waals surface area (Å²) in [4.78, 5) is 2.81. The van der Waals surface area contributed by atoms with Crippen molar-refractivity contribution in [3.63, 3.8) is 0 Å². The largest absolute Gasteiger partial charge is 0.314 e. The zero-order valence-electron chi connectivity index (χ0n) is 12.9. The van der Waals surface area contributed by atoms with Crippen molar-refractivity contribution in [1.29, 1.82) is 0 Å². The molecule has 2 saturated carbocycles. The highest BCUT2D eigenvalue weighted by molar-refractivity contribution is 4.93. The Morgan fingerprint density at radius 2 is 1.79 bits per heavy atom. The molecule has 0 aromatic heterocycles. The van der Waals surface area contributed by atoms with Gasteiger partial charge >= 0.3 is 0 Å². The third-order valence-electron chi connectivity index (χ3n) is 5.54. The molecule has 0 aromatic rings. The van der Waals surface area contributed by atoms with Gasteiger partial charge in [-0.15, -0.1) is 0 Å². The van der Waals surface area contributed by atoms with Crippen LogP contribution < -0.4 is 5.32 Å². The fourth-order valence-corrected chi connectivity index (χ4v) is 3.95. The van der Waals surface area contributed by atoms with E-state index in [9.17, 15) is 0 Å². The van der Waals surface area contributed by atoms with E-state index in [-0.39, 0.29) is 0 Å². The lowest BCUT2D eigenvalue weighted by Crippen LogP contribution is -2.45. The molecular formula is C17H32N2. The molecule has 0 bridgehead atoms. The molecule has 2 atom stereocenters. The molecule has 3 fully saturated rings. The van der Waals surface area contributed by atoms with Gasteiger partial charge in [0.25, 0.3) is 0 Å². The molecule has 2 heteroatoms. The molecule has 2 aliphatic carbocycles. The summed E-state index contributed by atoms with van der Waals surface area (Å²) >= 11 is 0. The van der Waals surface area contributed by atoms with E-state index in [1.54, 1.807) is 0 Å². The summed E-state index contributed by atoms with van der Waals surface area (Å²) in [7, 11) is 0. The molecule has 2 nitrogen and oxygen atoms in total. The predicted molar refractivity (Wildman–Crippen MR) is 81.2 cm³/mol. The van der Waals surface area contributed by atoms with Crippen molar-refractivity contribution in [2.75, 3.05) is 26.2 Å². The molecule has 2 unspecified atom stereocenters. The van der Waals surface area contributed by atoms with Crippen LogP contribution in [0.4, 0.5) is 0 Å². The summed E-state index contributed by atoms with van der Waals surface area (Å²) in [5.74, 6) is 4.08. The topological polar surface area (TPSA) is 15.3 Å². The minimum atomic E-state index is 0.755. The summed E-state index contributed by atoms with van der Waals surface area (Å²) < 4.78 is 0. The third-order valence-corrected chi connectivity index (χ3v) is 5.54. The van der Waals surface area contributed by atoms with E-state index in [4.69, 9.17) is 0 Å². The number of hydrogen-bond acceptors (Lipinski definition) is 2. The van der Waals surface area contributed by atoms with E-state index in [1.807, 2.05) is 0 Å². The first-order chi connectivity index (χ1) is 9.26. The lowest BCUT2D eigenvalue weighted by Gasteiger charge is -2.34. The molecule has 3 rings (SSSR count). The SMILES string of the molecule is CCC1CCN(CC(C2CC2)C2CC2)CC(C)CN1. The highest BCUT2D eigenvalue weighted by atomic mass is 15.1. The summed E-state index contributed by atoms with van der Waals surface area (Å²) in [5, 5.41) is 3.74. The first kappa shape index (κ1) is 13.9. The van der Waals surface area contributed by atoms with E-state index in [0.29, 0.717) is 0 Å². The fourth-order valence-electron chi connectivity index (χ4n) is 3.95. The van der Waals surface area contributed by atoms with Crippen molar-refractivity contribution < 1.29 is 0 Å². The molecule has 110 valence electrons. The monoisotopic (exact) mass is 264 g/mol. The van der Waals surface area contributed by atoms with Gasteiger partial charge in [0.15, 0.2) is 0 Å². The van der Waals surface area contributed by atoms with Crippen LogP contribution in [0, 0.1) is 23.7 Å². The van der Waals surface area contributed by atoms with E-state index >= 15 is 0 Å². The normalized spacial score (nSPS) is 34.3. The molecule has 1 N–H and O–H groups in total. The minimum Gasteiger partial charge on any atom is -0.314 e. The van der Waals surface area contributed by atoms with Crippen molar-refractivity contribution in [3.05, 3.63) is 0 Å². The smallest absolute Gasteiger partial charge is 0.00767 e. The Bertz CT molecular complexity index is 271. The van der Waals surface area contributed by atoms with Crippen LogP contribution in [-0.2, 0) is 0 Å². The van der Waals surface area contributed by atoms with Crippen LogP contribution in [0.5, 0.6) is 0 Å². The van der Waals surface area contributed by atoms with Gasteiger partial charge in [-0.2, -0.15) is 0 Å². The standard InChI is InChI=1S/C17H32N2/c1-3-16-8-9-19(11-13(2)10-18-16)12-17(14-4-5-14)15-6-7-15/h13-18H,3-12H2,1-2H3. The van der Waals surface area contributed by atoms with Gasteiger partial charge in [0, 0.05) is 19.1 Å². The Labute approximate surface area is 119 Å². The zero-order valence-corrected chi connectivity index (χ0v) is 12.9. The number of nitrogens with zero attached hydrogens (tertiary/aromatic N) is 1. The minimum absolute atomic E-state index is 0.755. The van der Waals surface area contributed by atoms with Crippen LogP contribution in [0.2, 0.25) is 0 Å². The number of hydrogen-bond donors (Lipinski definition) is 1. The maximum absolute atomic E-state index is 3.74. The van der Waals surface area contributed by atoms with Crippen LogP contribution in [0.1, 0.15) is 52.4 Å². The second kappa shape index (κ2) is 6.13. The van der Waals surface area contributed by atoms with E-state index in [1.165, 1.54) is 64.7 Å². The average Bonchev–Trinajstić information content (AvgIpc) is 3.26. The van der Waals surface area contributed by atoms with Gasteiger partial charge in [0.05, 0.1) is 0 Å². The quantitative estimate of drug-likeness (QED) is 0.821. The van der Waals surface area contributed by atoms with Gasteiger partial charge < -0.3 is 10.2 Å². The van der Waals surface area contributed by atoms with E-state index in [0.717, 1.165) is 29.7 Å². The van der Waals surface area contributed by atoms with Crippen LogP contribution >= 0.6 is 0 Å². The molecule has 19 heavy (non-hydrogen) atoms. The molecule has 0 radical (unpaired) electrons. The fraction of sp³-hybridized carbons (Fsp3) is 1.00. The Morgan fingerprint density at radius 3 is 2.37 bits per heavy atom. The third kappa shape index (κ3) is 3.95. The molecule has 0 spiro atoms. The molecule has 3 aliphatic rings. The second-order valence-electron chi connectivity index (χ2n) is 7.51. The van der Waals surface area contributed by atoms with Crippen molar-refractivity contribution in [2.24, 2.45) is 23.7 Å². The Kier molecular flexibility index (Phi) is 4.48. The molecule has 1 aliphatic heterocycles. The van der Waals surface area contributed by atoms with Crippen LogP contribution in [-0.4, -0.2) is 37.1 Å². The summed E-state index contributed by atoms with van der Waals surface area (Å²) in [6.07, 6.45) is 8.77. The highest BCUT2D eigenvalue weighted by Crippen LogP contribution is 2.49. The lowest BCUT2D eigenvalue weighted by atomic mass is 9.95. The van der Waals surface area contributed by atoms with Crippen LogP contribution in [0.25, 0.3) is 0 Å². The Balaban J connectivity index is 1.54. The van der Waals surface area contributed by atoms with Gasteiger partial charge in [-0.3, -0.25) is 0 Å². The summed E-state index contributed by atoms with van der Waals surface area (Å²) in [6, 6.07) is 0.755. The molecule has 0 aromatic carbocycles. The molecule has 0 amide bonds. The summed E-state index contributed by atoms with van der Waals surface area (Å²) in [5.41, 5.74) is 0. The van der Waals surface area contributed by atoms with Crippen LogP contribution in [0.15, 0.2) is 0 Å². The summed E-state index contributed by atoms with van der Waals surface area (Å²) in [6.45, 7) is 10.0. The Morgan fingerprint density at radius 1 is 1.11 bits per heavy atom. The molecule has 1 heterocycles. The predicted octanol–water partition coefficient (Wildman–Crippen LogP) is 3.13. The van der Waals surface area contributed by atoms with Crippen molar-refractivity contribution >= 4 is 0 Å². The van der Waals surface area contributed by atoms with Gasteiger partial charge in [0.2, 0.25) is 0 Å². The molecule has 1 saturated heterocycles. The van der Waals surface area contributed by atoms with Crippen molar-refractivity contribution in [2.45, 2.75) is 58.4 Å². The van der Waals surface area contributed by atoms with Crippen molar-refractivity contribution in [3.8, 4) is 0 Å². The maximum atomic E-state index is 3.74. The molecular weight excluding hydrogens is 232 g/mol. The van der Waals surface area contributed by atoms with E-state index < -0.39 is 0 Å². The zero-order chi connectivity index (χ0) is 13.2. The highest BCUT2D eigenvalue weighted by Gasteiger charge is 2.42.